The van der Waals surface area contributed by atoms with Crippen molar-refractivity contribution in [2.75, 3.05) is 26.2 Å². The van der Waals surface area contributed by atoms with Crippen molar-refractivity contribution in [1.82, 2.24) is 9.80 Å². The molecule has 7 heteroatoms. The second kappa shape index (κ2) is 10.6. The number of nitriles is 2. The molecule has 0 heterocycles. The lowest BCUT2D eigenvalue weighted by Gasteiger charge is -2.29. The van der Waals surface area contributed by atoms with Crippen molar-refractivity contribution in [3.05, 3.63) is 0 Å². The van der Waals surface area contributed by atoms with E-state index >= 15 is 0 Å². The Balaban J connectivity index is 4.64. The summed E-state index contributed by atoms with van der Waals surface area (Å²) in [6.07, 6.45) is 0.402. The Morgan fingerprint density at radius 2 is 1.71 bits per heavy atom. The van der Waals surface area contributed by atoms with Crippen molar-refractivity contribution in [2.45, 2.75) is 39.2 Å². The Kier molecular flexibility index (Phi) is 9.57. The molecule has 116 valence electrons. The minimum absolute atomic E-state index is 0.0302. The van der Waals surface area contributed by atoms with Crippen LogP contribution in [0.15, 0.2) is 0 Å². The molecule has 1 unspecified atom stereocenters. The predicted molar refractivity (Wildman–Crippen MR) is 76.0 cm³/mol. The van der Waals surface area contributed by atoms with E-state index < -0.39 is 5.97 Å². The van der Waals surface area contributed by atoms with E-state index in [4.69, 9.17) is 15.6 Å². The zero-order valence-corrected chi connectivity index (χ0v) is 12.6. The average molecular weight is 294 g/mol. The molecule has 0 saturated carbocycles. The van der Waals surface area contributed by atoms with E-state index in [2.05, 4.69) is 0 Å². The number of nitrogens with zero attached hydrogens (tertiary/aromatic N) is 4. The number of amides is 1. The van der Waals surface area contributed by atoms with E-state index in [0.717, 1.165) is 0 Å². The van der Waals surface area contributed by atoms with E-state index in [-0.39, 0.29) is 37.8 Å². The maximum Gasteiger partial charge on any atom is 0.304 e. The molecule has 0 aromatic heterocycles. The van der Waals surface area contributed by atoms with Crippen LogP contribution < -0.4 is 0 Å². The van der Waals surface area contributed by atoms with Crippen LogP contribution in [0.3, 0.4) is 0 Å². The molecule has 0 aliphatic rings. The number of hydrogen-bond donors (Lipinski definition) is 1. The minimum atomic E-state index is -0.904. The topological polar surface area (TPSA) is 108 Å². The average Bonchev–Trinajstić information content (AvgIpc) is 2.43. The highest BCUT2D eigenvalue weighted by Crippen LogP contribution is 2.06. The molecule has 0 rings (SSSR count). The molecular formula is C14H22N4O3. The van der Waals surface area contributed by atoms with Gasteiger partial charge in [-0.3, -0.25) is 14.5 Å². The Morgan fingerprint density at radius 3 is 2.10 bits per heavy atom. The van der Waals surface area contributed by atoms with E-state index in [0.29, 0.717) is 19.6 Å². The molecule has 0 aromatic rings. The monoisotopic (exact) mass is 294 g/mol. The van der Waals surface area contributed by atoms with E-state index in [9.17, 15) is 9.59 Å². The third kappa shape index (κ3) is 7.91. The molecule has 0 radical (unpaired) electrons. The van der Waals surface area contributed by atoms with Gasteiger partial charge in [0.05, 0.1) is 37.9 Å². The third-order valence-corrected chi connectivity index (χ3v) is 3.18. The lowest BCUT2D eigenvalue weighted by Crippen LogP contribution is -2.44. The van der Waals surface area contributed by atoms with Crippen molar-refractivity contribution in [2.24, 2.45) is 0 Å². The van der Waals surface area contributed by atoms with Crippen LogP contribution in [-0.4, -0.2) is 59.0 Å². The molecule has 1 amide bonds. The van der Waals surface area contributed by atoms with Crippen molar-refractivity contribution in [1.29, 1.82) is 10.5 Å². The molecule has 1 atom stereocenters. The van der Waals surface area contributed by atoms with Crippen molar-refractivity contribution >= 4 is 11.9 Å². The highest BCUT2D eigenvalue weighted by atomic mass is 16.4. The van der Waals surface area contributed by atoms with E-state index in [1.165, 1.54) is 4.90 Å². The molecule has 0 aliphatic carbocycles. The minimum Gasteiger partial charge on any atom is -0.481 e. The third-order valence-electron chi connectivity index (χ3n) is 3.18. The number of carbonyl (C=O) groups is 2. The zero-order chi connectivity index (χ0) is 16.3. The van der Waals surface area contributed by atoms with Gasteiger partial charge >= 0.3 is 5.97 Å². The highest BCUT2D eigenvalue weighted by Gasteiger charge is 2.21. The van der Waals surface area contributed by atoms with Gasteiger partial charge in [-0.05, 0) is 13.5 Å². The second-order valence-corrected chi connectivity index (χ2v) is 4.71. The van der Waals surface area contributed by atoms with Gasteiger partial charge in [0.2, 0.25) is 5.91 Å². The normalized spacial score (nSPS) is 11.5. The van der Waals surface area contributed by atoms with Gasteiger partial charge < -0.3 is 10.0 Å². The molecule has 1 N–H and O–H groups in total. The summed E-state index contributed by atoms with van der Waals surface area (Å²) in [7, 11) is 0. The summed E-state index contributed by atoms with van der Waals surface area (Å²) in [5, 5.41) is 26.0. The van der Waals surface area contributed by atoms with Crippen LogP contribution in [0.1, 0.15) is 33.1 Å². The largest absolute Gasteiger partial charge is 0.481 e. The molecule has 0 spiro atoms. The van der Waals surface area contributed by atoms with Crippen LogP contribution >= 0.6 is 0 Å². The number of aliphatic carboxylic acids is 1. The van der Waals surface area contributed by atoms with Crippen LogP contribution in [0.4, 0.5) is 0 Å². The summed E-state index contributed by atoms with van der Waals surface area (Å²) in [5.41, 5.74) is 0. The molecular weight excluding hydrogens is 272 g/mol. The predicted octanol–water partition coefficient (Wildman–Crippen LogP) is 0.827. The first-order valence-corrected chi connectivity index (χ1v) is 6.93. The summed E-state index contributed by atoms with van der Waals surface area (Å²) < 4.78 is 0. The highest BCUT2D eigenvalue weighted by molar-refractivity contribution is 5.78. The number of carbonyl (C=O) groups excluding carboxylic acids is 1. The van der Waals surface area contributed by atoms with Gasteiger partial charge in [0.1, 0.15) is 0 Å². The van der Waals surface area contributed by atoms with Crippen LogP contribution in [0.5, 0.6) is 0 Å². The Bertz CT molecular complexity index is 407. The SMILES string of the molecule is CCN(CC(=O)N(CCC#N)CCC#N)C(C)CC(=O)O. The molecule has 0 bridgehead atoms. The van der Waals surface area contributed by atoms with Gasteiger partial charge in [0.15, 0.2) is 0 Å². The summed E-state index contributed by atoms with van der Waals surface area (Å²) >= 11 is 0. The second-order valence-electron chi connectivity index (χ2n) is 4.71. The zero-order valence-electron chi connectivity index (χ0n) is 12.6. The molecule has 0 saturated heterocycles. The number of likely N-dealkylation sites (N-methyl/N-ethyl adjacent to an activating group) is 1. The van der Waals surface area contributed by atoms with Crippen LogP contribution in [0.25, 0.3) is 0 Å². The number of carboxylic acids is 1. The first kappa shape index (κ1) is 18.9. The van der Waals surface area contributed by atoms with Crippen molar-refractivity contribution < 1.29 is 14.7 Å². The standard InChI is InChI=1S/C14H22N4O3/c1-3-17(12(2)10-14(20)21)11-13(19)18(8-4-6-15)9-5-7-16/h12H,3-5,8-11H2,1-2H3,(H,20,21). The molecule has 0 aliphatic heterocycles. The van der Waals surface area contributed by atoms with Crippen LogP contribution in [-0.2, 0) is 9.59 Å². The molecule has 21 heavy (non-hydrogen) atoms. The summed E-state index contributed by atoms with van der Waals surface area (Å²) in [5.74, 6) is -1.08. The fourth-order valence-corrected chi connectivity index (χ4v) is 1.97. The van der Waals surface area contributed by atoms with Gasteiger partial charge in [0.25, 0.3) is 0 Å². The summed E-state index contributed by atoms with van der Waals surface area (Å²) in [6, 6.07) is 3.71. The summed E-state index contributed by atoms with van der Waals surface area (Å²) in [4.78, 5) is 26.2. The van der Waals surface area contributed by atoms with E-state index in [1.807, 2.05) is 19.1 Å². The van der Waals surface area contributed by atoms with Crippen molar-refractivity contribution in [3.63, 3.8) is 0 Å². The maximum atomic E-state index is 12.2. The van der Waals surface area contributed by atoms with Gasteiger partial charge in [-0.15, -0.1) is 0 Å². The maximum absolute atomic E-state index is 12.2. The van der Waals surface area contributed by atoms with Gasteiger partial charge in [-0.2, -0.15) is 10.5 Å². The van der Waals surface area contributed by atoms with Gasteiger partial charge in [-0.1, -0.05) is 6.92 Å². The lowest BCUT2D eigenvalue weighted by molar-refractivity contribution is -0.140. The smallest absolute Gasteiger partial charge is 0.304 e. The molecule has 7 nitrogen and oxygen atoms in total. The van der Waals surface area contributed by atoms with Gasteiger partial charge in [0, 0.05) is 19.1 Å². The summed E-state index contributed by atoms with van der Waals surface area (Å²) in [6.45, 7) is 4.87. The fourth-order valence-electron chi connectivity index (χ4n) is 1.97. The van der Waals surface area contributed by atoms with Crippen LogP contribution in [0, 0.1) is 22.7 Å². The van der Waals surface area contributed by atoms with E-state index in [1.54, 1.807) is 11.8 Å². The number of hydrogen-bond acceptors (Lipinski definition) is 5. The Labute approximate surface area is 125 Å². The number of rotatable bonds is 10. The first-order valence-electron chi connectivity index (χ1n) is 6.93. The fraction of sp³-hybridized carbons (Fsp3) is 0.714. The quantitative estimate of drug-likeness (QED) is 0.639. The first-order chi connectivity index (χ1) is 9.96. The Morgan fingerprint density at radius 1 is 1.19 bits per heavy atom. The Hall–Kier alpha value is -2.12. The number of carboxylic acid groups (broad SMARTS) is 1. The van der Waals surface area contributed by atoms with Crippen molar-refractivity contribution in [3.8, 4) is 12.1 Å². The van der Waals surface area contributed by atoms with Gasteiger partial charge in [-0.25, -0.2) is 0 Å². The lowest BCUT2D eigenvalue weighted by atomic mass is 10.2. The molecule has 0 fully saturated rings. The van der Waals surface area contributed by atoms with Crippen LogP contribution in [0.2, 0.25) is 0 Å². The molecule has 0 aromatic carbocycles.